The van der Waals surface area contributed by atoms with Crippen molar-refractivity contribution in [3.63, 3.8) is 0 Å². The highest BCUT2D eigenvalue weighted by Gasteiger charge is 2.19. The molecule has 0 radical (unpaired) electrons. The Morgan fingerprint density at radius 2 is 1.23 bits per heavy atom. The Morgan fingerprint density at radius 1 is 0.710 bits per heavy atom. The first-order chi connectivity index (χ1) is 15.1. The number of carbonyl (C=O) groups excluding carboxylic acids is 1. The first-order valence-electron chi connectivity index (χ1n) is 12.3. The number of carbonyl (C=O) groups is 2. The van der Waals surface area contributed by atoms with Crippen LogP contribution in [0.5, 0.6) is 0 Å². The molecule has 7 nitrogen and oxygen atoms in total. The molecule has 1 atom stereocenters. The molecule has 0 aliphatic heterocycles. The second-order valence-electron chi connectivity index (χ2n) is 8.07. The van der Waals surface area contributed by atoms with E-state index < -0.39 is 5.97 Å². The second kappa shape index (κ2) is 23.5. The number of esters is 1. The van der Waals surface area contributed by atoms with Gasteiger partial charge in [-0.15, -0.1) is 0 Å². The molecule has 7 heteroatoms. The molecule has 0 rings (SSSR count). The van der Waals surface area contributed by atoms with E-state index in [9.17, 15) is 9.59 Å². The Labute approximate surface area is 188 Å². The summed E-state index contributed by atoms with van der Waals surface area (Å²) in [6.07, 6.45) is 13.9. The fourth-order valence-electron chi connectivity index (χ4n) is 3.45. The lowest BCUT2D eigenvalue weighted by molar-refractivity contribution is -0.151. The Bertz CT molecular complexity index is 415. The molecule has 31 heavy (non-hydrogen) atoms. The molecule has 0 spiro atoms. The van der Waals surface area contributed by atoms with Gasteiger partial charge in [-0.1, -0.05) is 71.1 Å². The van der Waals surface area contributed by atoms with Crippen LogP contribution in [0, 0.1) is 5.92 Å². The monoisotopic (exact) mass is 446 g/mol. The number of rotatable bonds is 24. The third kappa shape index (κ3) is 21.8. The van der Waals surface area contributed by atoms with E-state index in [-0.39, 0.29) is 31.5 Å². The lowest BCUT2D eigenvalue weighted by Crippen LogP contribution is -2.20. The molecular weight excluding hydrogens is 400 g/mol. The van der Waals surface area contributed by atoms with E-state index in [4.69, 9.17) is 24.4 Å². The maximum absolute atomic E-state index is 12.5. The lowest BCUT2D eigenvalue weighted by Gasteiger charge is -2.16. The SMILES string of the molecule is CCCCCCC(CCCCCCCCCC(=O)O)C(=O)OCCOCCOCCO. The van der Waals surface area contributed by atoms with Gasteiger partial charge in [-0.2, -0.15) is 0 Å². The molecule has 0 bridgehead atoms. The number of unbranched alkanes of at least 4 members (excludes halogenated alkanes) is 9. The van der Waals surface area contributed by atoms with E-state index in [1.165, 1.54) is 12.8 Å². The largest absolute Gasteiger partial charge is 0.481 e. The van der Waals surface area contributed by atoms with E-state index in [1.54, 1.807) is 0 Å². The van der Waals surface area contributed by atoms with Crippen molar-refractivity contribution in [2.75, 3.05) is 39.6 Å². The van der Waals surface area contributed by atoms with Crippen LogP contribution in [0.3, 0.4) is 0 Å². The van der Waals surface area contributed by atoms with Gasteiger partial charge < -0.3 is 24.4 Å². The van der Waals surface area contributed by atoms with Crippen LogP contribution in [0.1, 0.15) is 96.8 Å². The van der Waals surface area contributed by atoms with Crippen molar-refractivity contribution >= 4 is 11.9 Å². The Kier molecular flexibility index (Phi) is 22.6. The van der Waals surface area contributed by atoms with Crippen molar-refractivity contribution in [1.82, 2.24) is 0 Å². The topological polar surface area (TPSA) is 102 Å². The Morgan fingerprint density at radius 3 is 1.81 bits per heavy atom. The van der Waals surface area contributed by atoms with Crippen LogP contribution < -0.4 is 0 Å². The molecule has 184 valence electrons. The number of ether oxygens (including phenoxy) is 3. The molecule has 0 aromatic heterocycles. The first-order valence-corrected chi connectivity index (χ1v) is 12.3. The van der Waals surface area contributed by atoms with Crippen molar-refractivity contribution in [3.8, 4) is 0 Å². The van der Waals surface area contributed by atoms with Gasteiger partial charge in [-0.05, 0) is 19.3 Å². The van der Waals surface area contributed by atoms with Crippen LogP contribution in [0.4, 0.5) is 0 Å². The van der Waals surface area contributed by atoms with Gasteiger partial charge >= 0.3 is 11.9 Å². The van der Waals surface area contributed by atoms with Crippen molar-refractivity contribution in [2.45, 2.75) is 96.8 Å². The maximum atomic E-state index is 12.5. The molecule has 0 fully saturated rings. The Balaban J connectivity index is 3.93. The third-order valence-corrected chi connectivity index (χ3v) is 5.26. The first kappa shape index (κ1) is 29.8. The van der Waals surface area contributed by atoms with E-state index >= 15 is 0 Å². The highest BCUT2D eigenvalue weighted by Crippen LogP contribution is 2.20. The van der Waals surface area contributed by atoms with Gasteiger partial charge in [-0.3, -0.25) is 9.59 Å². The van der Waals surface area contributed by atoms with Crippen molar-refractivity contribution < 1.29 is 34.0 Å². The molecule has 0 saturated carbocycles. The highest BCUT2D eigenvalue weighted by molar-refractivity contribution is 5.72. The summed E-state index contributed by atoms with van der Waals surface area (Å²) < 4.78 is 15.9. The van der Waals surface area contributed by atoms with Gasteiger partial charge in [-0.25, -0.2) is 0 Å². The number of aliphatic carboxylic acids is 1. The molecule has 2 N–H and O–H groups in total. The standard InChI is InChI=1S/C24H46O7/c1-2-3-4-10-13-22(14-11-8-6-5-7-9-12-15-23(26)27)24(28)31-21-20-30-19-18-29-17-16-25/h22,25H,2-21H2,1H3,(H,26,27). The average molecular weight is 447 g/mol. The van der Waals surface area contributed by atoms with Gasteiger partial charge in [0.15, 0.2) is 0 Å². The predicted octanol–water partition coefficient (Wildman–Crippen LogP) is 4.74. The Hall–Kier alpha value is -1.18. The number of aliphatic hydroxyl groups excluding tert-OH is 1. The molecule has 0 aromatic rings. The number of hydrogen-bond donors (Lipinski definition) is 2. The molecule has 0 aliphatic carbocycles. The molecule has 1 unspecified atom stereocenters. The molecule has 0 amide bonds. The fourth-order valence-corrected chi connectivity index (χ4v) is 3.45. The highest BCUT2D eigenvalue weighted by atomic mass is 16.6. The zero-order valence-electron chi connectivity index (χ0n) is 19.7. The van der Waals surface area contributed by atoms with Crippen LogP contribution in [-0.2, 0) is 23.8 Å². The van der Waals surface area contributed by atoms with Crippen LogP contribution >= 0.6 is 0 Å². The second-order valence-corrected chi connectivity index (χ2v) is 8.07. The van der Waals surface area contributed by atoms with Gasteiger partial charge in [0, 0.05) is 6.42 Å². The summed E-state index contributed by atoms with van der Waals surface area (Å²) in [5, 5.41) is 17.3. The summed E-state index contributed by atoms with van der Waals surface area (Å²) in [7, 11) is 0. The van der Waals surface area contributed by atoms with Gasteiger partial charge in [0.1, 0.15) is 6.61 Å². The van der Waals surface area contributed by atoms with E-state index in [0.29, 0.717) is 26.4 Å². The summed E-state index contributed by atoms with van der Waals surface area (Å²) in [6, 6.07) is 0. The van der Waals surface area contributed by atoms with Crippen LogP contribution in [0.15, 0.2) is 0 Å². The summed E-state index contributed by atoms with van der Waals surface area (Å²) in [4.78, 5) is 23.0. The quantitative estimate of drug-likeness (QED) is 0.163. The molecule has 0 aliphatic rings. The van der Waals surface area contributed by atoms with Crippen LogP contribution in [0.25, 0.3) is 0 Å². The van der Waals surface area contributed by atoms with Gasteiger partial charge in [0.05, 0.1) is 39.0 Å². The van der Waals surface area contributed by atoms with Crippen molar-refractivity contribution in [1.29, 1.82) is 0 Å². The fraction of sp³-hybridized carbons (Fsp3) is 0.917. The molecule has 0 heterocycles. The molecule has 0 saturated heterocycles. The minimum Gasteiger partial charge on any atom is -0.481 e. The number of carboxylic acid groups (broad SMARTS) is 1. The summed E-state index contributed by atoms with van der Waals surface area (Å²) in [5.41, 5.74) is 0. The zero-order chi connectivity index (χ0) is 23.0. The summed E-state index contributed by atoms with van der Waals surface area (Å²) >= 11 is 0. The van der Waals surface area contributed by atoms with Crippen LogP contribution in [-0.4, -0.2) is 61.8 Å². The predicted molar refractivity (Wildman–Crippen MR) is 121 cm³/mol. The normalized spacial score (nSPS) is 12.1. The van der Waals surface area contributed by atoms with E-state index in [0.717, 1.165) is 70.6 Å². The molecule has 0 aromatic carbocycles. The number of carboxylic acids is 1. The van der Waals surface area contributed by atoms with Gasteiger partial charge in [0.2, 0.25) is 0 Å². The molecular formula is C24H46O7. The van der Waals surface area contributed by atoms with Crippen molar-refractivity contribution in [2.24, 2.45) is 5.92 Å². The van der Waals surface area contributed by atoms with Gasteiger partial charge in [0.25, 0.3) is 0 Å². The minimum atomic E-state index is -0.713. The minimum absolute atomic E-state index is 0.00402. The lowest BCUT2D eigenvalue weighted by atomic mass is 9.94. The third-order valence-electron chi connectivity index (χ3n) is 5.26. The van der Waals surface area contributed by atoms with Crippen molar-refractivity contribution in [3.05, 3.63) is 0 Å². The van der Waals surface area contributed by atoms with Crippen LogP contribution in [0.2, 0.25) is 0 Å². The number of aliphatic hydroxyl groups is 1. The maximum Gasteiger partial charge on any atom is 0.309 e. The number of hydrogen-bond acceptors (Lipinski definition) is 6. The van der Waals surface area contributed by atoms with E-state index in [1.807, 2.05) is 0 Å². The summed E-state index contributed by atoms with van der Waals surface area (Å²) in [5.74, 6) is -0.846. The zero-order valence-corrected chi connectivity index (χ0v) is 19.7. The van der Waals surface area contributed by atoms with E-state index in [2.05, 4.69) is 6.92 Å². The smallest absolute Gasteiger partial charge is 0.309 e. The average Bonchev–Trinajstić information content (AvgIpc) is 2.75. The summed E-state index contributed by atoms with van der Waals surface area (Å²) in [6.45, 7) is 3.97.